The van der Waals surface area contributed by atoms with E-state index in [-0.39, 0.29) is 4.90 Å². The van der Waals surface area contributed by atoms with Crippen LogP contribution in [0.25, 0.3) is 10.8 Å². The van der Waals surface area contributed by atoms with Crippen LogP contribution in [0.4, 0.5) is 0 Å². The van der Waals surface area contributed by atoms with Gasteiger partial charge in [0.15, 0.2) is 6.10 Å². The molecule has 2 N–H and O–H groups in total. The molecule has 0 heterocycles. The van der Waals surface area contributed by atoms with Crippen LogP contribution in [0.15, 0.2) is 65.6 Å². The number of amides is 1. The first-order chi connectivity index (χ1) is 13.3. The summed E-state index contributed by atoms with van der Waals surface area (Å²) in [4.78, 5) is 14.4. The first-order valence-corrected chi connectivity index (χ1v) is 10.3. The average molecular weight is 398 g/mol. The minimum absolute atomic E-state index is 0.0824. The van der Waals surface area contributed by atoms with Crippen LogP contribution in [0.1, 0.15) is 18.1 Å². The van der Waals surface area contributed by atoms with Crippen LogP contribution in [0.2, 0.25) is 0 Å². The topological polar surface area (TPSA) is 84.5 Å². The van der Waals surface area contributed by atoms with E-state index >= 15 is 0 Å². The summed E-state index contributed by atoms with van der Waals surface area (Å²) in [7, 11) is -3.87. The number of hydrogen-bond acceptors (Lipinski definition) is 4. The van der Waals surface area contributed by atoms with Crippen LogP contribution in [-0.2, 0) is 14.8 Å². The van der Waals surface area contributed by atoms with E-state index in [9.17, 15) is 13.2 Å². The lowest BCUT2D eigenvalue weighted by molar-refractivity contribution is -0.127. The minimum Gasteiger partial charge on any atom is -0.481 e. The number of hydrogen-bond donors (Lipinski definition) is 2. The van der Waals surface area contributed by atoms with Crippen LogP contribution in [0, 0.1) is 13.8 Å². The second-order valence-corrected chi connectivity index (χ2v) is 8.29. The summed E-state index contributed by atoms with van der Waals surface area (Å²) in [5.41, 5.74) is 4.05. The van der Waals surface area contributed by atoms with Gasteiger partial charge in [-0.15, -0.1) is 4.83 Å². The van der Waals surface area contributed by atoms with Crippen LogP contribution in [-0.4, -0.2) is 20.4 Å². The number of nitrogens with one attached hydrogen (secondary N) is 2. The highest BCUT2D eigenvalue weighted by Crippen LogP contribution is 2.21. The van der Waals surface area contributed by atoms with Gasteiger partial charge in [-0.3, -0.25) is 10.2 Å². The van der Waals surface area contributed by atoms with E-state index in [1.165, 1.54) is 6.07 Å². The Morgan fingerprint density at radius 1 is 0.929 bits per heavy atom. The number of rotatable bonds is 6. The lowest BCUT2D eigenvalue weighted by Gasteiger charge is -2.16. The lowest BCUT2D eigenvalue weighted by atomic mass is 10.1. The molecule has 0 aromatic heterocycles. The van der Waals surface area contributed by atoms with E-state index in [0.29, 0.717) is 5.75 Å². The van der Waals surface area contributed by atoms with Crippen molar-refractivity contribution in [2.24, 2.45) is 0 Å². The van der Waals surface area contributed by atoms with E-state index < -0.39 is 22.0 Å². The molecule has 0 radical (unpaired) electrons. The van der Waals surface area contributed by atoms with Gasteiger partial charge in [0.25, 0.3) is 15.9 Å². The number of carbonyl (C=O) groups excluding carboxylic acids is 1. The van der Waals surface area contributed by atoms with Gasteiger partial charge in [-0.05, 0) is 66.9 Å². The molecule has 0 bridgehead atoms. The molecule has 0 aliphatic heterocycles. The zero-order valence-corrected chi connectivity index (χ0v) is 16.7. The number of aryl methyl sites for hydroxylation is 2. The summed E-state index contributed by atoms with van der Waals surface area (Å²) < 4.78 is 30.4. The van der Waals surface area contributed by atoms with Crippen molar-refractivity contribution in [1.29, 1.82) is 0 Å². The van der Waals surface area contributed by atoms with Crippen molar-refractivity contribution in [3.05, 3.63) is 71.8 Å². The Hall–Kier alpha value is -2.90. The van der Waals surface area contributed by atoms with Gasteiger partial charge in [-0.1, -0.05) is 36.4 Å². The predicted molar refractivity (Wildman–Crippen MR) is 108 cm³/mol. The third-order valence-corrected chi connectivity index (χ3v) is 5.75. The van der Waals surface area contributed by atoms with Gasteiger partial charge >= 0.3 is 0 Å². The fraction of sp³-hybridized carbons (Fsp3) is 0.190. The maximum absolute atomic E-state index is 12.4. The molecule has 0 saturated carbocycles. The number of fused-ring (bicyclic) bond motifs is 1. The number of ether oxygens (including phenoxy) is 1. The van der Waals surface area contributed by atoms with E-state index in [4.69, 9.17) is 4.74 Å². The van der Waals surface area contributed by atoms with Crippen molar-refractivity contribution >= 4 is 26.7 Å². The summed E-state index contributed by atoms with van der Waals surface area (Å²) in [6.45, 7) is 5.27. The Balaban J connectivity index is 1.63. The fourth-order valence-corrected chi connectivity index (χ4v) is 3.59. The maximum atomic E-state index is 12.4. The zero-order chi connectivity index (χ0) is 20.3. The quantitative estimate of drug-likeness (QED) is 0.625. The number of hydrazine groups is 1. The fourth-order valence-electron chi connectivity index (χ4n) is 2.66. The highest BCUT2D eigenvalue weighted by atomic mass is 32.2. The molecule has 3 aromatic rings. The second kappa shape index (κ2) is 8.00. The van der Waals surface area contributed by atoms with Crippen molar-refractivity contribution in [2.45, 2.75) is 31.8 Å². The molecule has 146 valence electrons. The molecule has 3 aromatic carbocycles. The summed E-state index contributed by atoms with van der Waals surface area (Å²) in [5, 5.41) is 2.05. The SMILES string of the molecule is Cc1ccc(S(=O)(=O)NNC(=O)[C@@H](C)Oc2ccc3ccccc3c2)cc1C. The van der Waals surface area contributed by atoms with Crippen molar-refractivity contribution in [2.75, 3.05) is 0 Å². The third-order valence-electron chi connectivity index (χ3n) is 4.50. The largest absolute Gasteiger partial charge is 0.481 e. The minimum atomic E-state index is -3.87. The molecule has 0 unspecified atom stereocenters. The molecule has 28 heavy (non-hydrogen) atoms. The molecule has 0 fully saturated rings. The summed E-state index contributed by atoms with van der Waals surface area (Å²) in [6, 6.07) is 18.1. The Labute approximate surface area is 164 Å². The Morgan fingerprint density at radius 3 is 2.36 bits per heavy atom. The van der Waals surface area contributed by atoms with E-state index in [2.05, 4.69) is 10.3 Å². The number of benzene rings is 3. The molecular weight excluding hydrogens is 376 g/mol. The van der Waals surface area contributed by atoms with Crippen molar-refractivity contribution in [3.63, 3.8) is 0 Å². The highest BCUT2D eigenvalue weighted by Gasteiger charge is 2.19. The lowest BCUT2D eigenvalue weighted by Crippen LogP contribution is -2.47. The molecule has 1 atom stereocenters. The van der Waals surface area contributed by atoms with Gasteiger partial charge in [0.2, 0.25) is 0 Å². The standard InChI is InChI=1S/C21H22N2O4S/c1-14-8-11-20(12-15(14)2)28(25,26)23-22-21(24)16(3)27-19-10-9-17-6-4-5-7-18(17)13-19/h4-13,16,23H,1-3H3,(H,22,24)/t16-/m1/s1. The van der Waals surface area contributed by atoms with Crippen LogP contribution in [0.5, 0.6) is 5.75 Å². The molecule has 3 rings (SSSR count). The first-order valence-electron chi connectivity index (χ1n) is 8.80. The van der Waals surface area contributed by atoms with Crippen LogP contribution < -0.4 is 15.0 Å². The zero-order valence-electron chi connectivity index (χ0n) is 15.9. The highest BCUT2D eigenvalue weighted by molar-refractivity contribution is 7.89. The third kappa shape index (κ3) is 4.49. The monoisotopic (exact) mass is 398 g/mol. The Bertz CT molecular complexity index is 1130. The average Bonchev–Trinajstić information content (AvgIpc) is 2.68. The van der Waals surface area contributed by atoms with Crippen molar-refractivity contribution in [3.8, 4) is 5.75 Å². The van der Waals surface area contributed by atoms with Crippen LogP contribution in [0.3, 0.4) is 0 Å². The predicted octanol–water partition coefficient (Wildman–Crippen LogP) is 3.23. The molecule has 0 spiro atoms. The van der Waals surface area contributed by atoms with Crippen LogP contribution >= 0.6 is 0 Å². The number of carbonyl (C=O) groups is 1. The summed E-state index contributed by atoms with van der Waals surface area (Å²) in [6.07, 6.45) is -0.886. The van der Waals surface area contributed by atoms with Gasteiger partial charge in [-0.25, -0.2) is 8.42 Å². The first kappa shape index (κ1) is 19.9. The van der Waals surface area contributed by atoms with Crippen molar-refractivity contribution < 1.29 is 17.9 Å². The maximum Gasteiger partial charge on any atom is 0.275 e. The molecule has 7 heteroatoms. The summed E-state index contributed by atoms with van der Waals surface area (Å²) >= 11 is 0. The Kier molecular flexibility index (Phi) is 5.67. The van der Waals surface area contributed by atoms with Gasteiger partial charge in [-0.2, -0.15) is 0 Å². The van der Waals surface area contributed by atoms with E-state index in [1.54, 1.807) is 25.1 Å². The normalized spacial score (nSPS) is 12.5. The molecule has 6 nitrogen and oxygen atoms in total. The van der Waals surface area contributed by atoms with Crippen molar-refractivity contribution in [1.82, 2.24) is 10.3 Å². The van der Waals surface area contributed by atoms with Gasteiger partial charge in [0, 0.05) is 0 Å². The Morgan fingerprint density at radius 2 is 1.64 bits per heavy atom. The molecule has 0 aliphatic carbocycles. The summed E-state index contributed by atoms with van der Waals surface area (Å²) in [5.74, 6) is -0.0704. The smallest absolute Gasteiger partial charge is 0.275 e. The molecule has 1 amide bonds. The van der Waals surface area contributed by atoms with Gasteiger partial charge in [0.05, 0.1) is 4.90 Å². The molecule has 0 saturated heterocycles. The van der Waals surface area contributed by atoms with Gasteiger partial charge < -0.3 is 4.74 Å². The molecule has 0 aliphatic rings. The molecular formula is C21H22N2O4S. The van der Waals surface area contributed by atoms with Gasteiger partial charge in [0.1, 0.15) is 5.75 Å². The van der Waals surface area contributed by atoms with E-state index in [1.807, 2.05) is 50.2 Å². The van der Waals surface area contributed by atoms with E-state index in [0.717, 1.165) is 21.9 Å². The second-order valence-electron chi connectivity index (χ2n) is 6.61. The number of sulfonamides is 1.